The van der Waals surface area contributed by atoms with Crippen LogP contribution in [0.5, 0.6) is 0 Å². The number of carbonyl (C=O) groups excluding carboxylic acids is 2. The Balaban J connectivity index is 1.80. The van der Waals surface area contributed by atoms with Crippen molar-refractivity contribution in [1.29, 1.82) is 0 Å². The average Bonchev–Trinajstić information content (AvgIpc) is 3.45. The van der Waals surface area contributed by atoms with Crippen LogP contribution in [-0.2, 0) is 4.79 Å². The molecule has 26 heavy (non-hydrogen) atoms. The second-order valence-electron chi connectivity index (χ2n) is 6.55. The molecule has 2 amide bonds. The highest BCUT2D eigenvalue weighted by Gasteiger charge is 2.33. The van der Waals surface area contributed by atoms with Gasteiger partial charge in [0.1, 0.15) is 0 Å². The Kier molecular flexibility index (Phi) is 5.54. The van der Waals surface area contributed by atoms with E-state index in [1.54, 1.807) is 48.3 Å². The van der Waals surface area contributed by atoms with E-state index in [2.05, 4.69) is 5.32 Å². The van der Waals surface area contributed by atoms with Crippen molar-refractivity contribution in [2.24, 2.45) is 5.92 Å². The van der Waals surface area contributed by atoms with Crippen LogP contribution in [0, 0.1) is 5.92 Å². The molecule has 0 spiro atoms. The van der Waals surface area contributed by atoms with Crippen LogP contribution in [0.2, 0.25) is 10.0 Å². The zero-order chi connectivity index (χ0) is 18.8. The number of nitrogens with zero attached hydrogens (tertiary/aromatic N) is 1. The van der Waals surface area contributed by atoms with E-state index < -0.39 is 0 Å². The molecule has 136 valence electrons. The highest BCUT2D eigenvalue weighted by Crippen LogP contribution is 2.33. The lowest BCUT2D eigenvalue weighted by Gasteiger charge is -2.22. The van der Waals surface area contributed by atoms with Gasteiger partial charge in [0, 0.05) is 23.0 Å². The Hall–Kier alpha value is -2.04. The first kappa shape index (κ1) is 18.7. The molecule has 0 aliphatic heterocycles. The predicted octanol–water partition coefficient (Wildman–Crippen LogP) is 4.86. The molecule has 2 aromatic carbocycles. The first-order valence-electron chi connectivity index (χ1n) is 8.51. The normalized spacial score (nSPS) is 14.6. The average molecular weight is 391 g/mol. The second-order valence-corrected chi connectivity index (χ2v) is 7.39. The summed E-state index contributed by atoms with van der Waals surface area (Å²) in [4.78, 5) is 26.8. The summed E-state index contributed by atoms with van der Waals surface area (Å²) in [5.41, 5.74) is 1.85. The van der Waals surface area contributed by atoms with E-state index in [1.165, 1.54) is 0 Å². The minimum Gasteiger partial charge on any atom is -0.345 e. The molecule has 4 nitrogen and oxygen atoms in total. The minimum atomic E-state index is -0.301. The molecule has 1 unspecified atom stereocenters. The fraction of sp³-hybridized carbons (Fsp3) is 0.300. The van der Waals surface area contributed by atoms with E-state index in [-0.39, 0.29) is 23.8 Å². The number of benzene rings is 2. The molecule has 6 heteroatoms. The van der Waals surface area contributed by atoms with E-state index >= 15 is 0 Å². The maximum Gasteiger partial charge on any atom is 0.253 e. The van der Waals surface area contributed by atoms with Gasteiger partial charge in [-0.05, 0) is 49.6 Å². The third-order valence-corrected chi connectivity index (χ3v) is 5.11. The Morgan fingerprint density at radius 2 is 1.85 bits per heavy atom. The number of halogens is 2. The molecule has 1 atom stereocenters. The fourth-order valence-electron chi connectivity index (χ4n) is 2.89. The smallest absolute Gasteiger partial charge is 0.253 e. The molecule has 0 saturated heterocycles. The third-order valence-electron chi connectivity index (χ3n) is 4.54. The summed E-state index contributed by atoms with van der Waals surface area (Å²) < 4.78 is 0. The molecular weight excluding hydrogens is 371 g/mol. The van der Waals surface area contributed by atoms with Crippen LogP contribution < -0.4 is 10.2 Å². The number of amides is 2. The van der Waals surface area contributed by atoms with E-state index in [0.717, 1.165) is 18.4 Å². The van der Waals surface area contributed by atoms with Crippen molar-refractivity contribution in [3.05, 3.63) is 63.6 Å². The van der Waals surface area contributed by atoms with Gasteiger partial charge in [0.2, 0.25) is 5.91 Å². The van der Waals surface area contributed by atoms with Crippen molar-refractivity contribution < 1.29 is 9.59 Å². The van der Waals surface area contributed by atoms with Gasteiger partial charge >= 0.3 is 0 Å². The lowest BCUT2D eigenvalue weighted by molar-refractivity contribution is -0.119. The summed E-state index contributed by atoms with van der Waals surface area (Å²) in [6.07, 6.45) is 1.84. The molecule has 0 aromatic heterocycles. The van der Waals surface area contributed by atoms with Crippen LogP contribution in [-0.4, -0.2) is 18.9 Å². The van der Waals surface area contributed by atoms with E-state index in [0.29, 0.717) is 21.3 Å². The molecular formula is C20H20Cl2N2O2. The summed E-state index contributed by atoms with van der Waals surface area (Å²) in [6, 6.07) is 12.0. The van der Waals surface area contributed by atoms with Crippen LogP contribution in [0.15, 0.2) is 42.5 Å². The zero-order valence-corrected chi connectivity index (χ0v) is 16.1. The van der Waals surface area contributed by atoms with E-state index in [9.17, 15) is 9.59 Å². The lowest BCUT2D eigenvalue weighted by Crippen LogP contribution is -2.32. The number of rotatable bonds is 5. The fourth-order valence-corrected chi connectivity index (χ4v) is 3.46. The zero-order valence-electron chi connectivity index (χ0n) is 14.6. The summed E-state index contributed by atoms with van der Waals surface area (Å²) in [5.74, 6) is -0.114. The molecule has 3 rings (SSSR count). The summed E-state index contributed by atoms with van der Waals surface area (Å²) in [6.45, 7) is 1.86. The van der Waals surface area contributed by atoms with Crippen molar-refractivity contribution >= 4 is 40.7 Å². The number of para-hydroxylation sites is 1. The number of carbonyl (C=O) groups is 2. The Bertz CT molecular complexity index is 849. The van der Waals surface area contributed by atoms with Crippen LogP contribution in [0.1, 0.15) is 41.7 Å². The topological polar surface area (TPSA) is 49.4 Å². The second kappa shape index (κ2) is 7.68. The number of hydrogen-bond donors (Lipinski definition) is 1. The maximum absolute atomic E-state index is 12.8. The van der Waals surface area contributed by atoms with Crippen molar-refractivity contribution in [3.63, 3.8) is 0 Å². The van der Waals surface area contributed by atoms with Crippen LogP contribution >= 0.6 is 23.2 Å². The van der Waals surface area contributed by atoms with Crippen LogP contribution in [0.3, 0.4) is 0 Å². The monoisotopic (exact) mass is 390 g/mol. The van der Waals surface area contributed by atoms with Gasteiger partial charge in [-0.3, -0.25) is 9.59 Å². The van der Waals surface area contributed by atoms with Crippen LogP contribution in [0.25, 0.3) is 0 Å². The largest absolute Gasteiger partial charge is 0.345 e. The molecule has 0 bridgehead atoms. The number of nitrogens with one attached hydrogen (secondary N) is 1. The lowest BCUT2D eigenvalue weighted by atomic mass is 10.1. The summed E-state index contributed by atoms with van der Waals surface area (Å²) in [7, 11) is 1.71. The molecule has 0 radical (unpaired) electrons. The predicted molar refractivity (Wildman–Crippen MR) is 105 cm³/mol. The highest BCUT2D eigenvalue weighted by molar-refractivity contribution is 6.35. The Labute approximate surface area is 163 Å². The summed E-state index contributed by atoms with van der Waals surface area (Å²) >= 11 is 12.2. The van der Waals surface area contributed by atoms with Crippen LogP contribution in [0.4, 0.5) is 5.69 Å². The van der Waals surface area contributed by atoms with Gasteiger partial charge in [0.25, 0.3) is 5.91 Å². The Morgan fingerprint density at radius 3 is 2.50 bits per heavy atom. The van der Waals surface area contributed by atoms with Gasteiger partial charge in [0.05, 0.1) is 17.3 Å². The summed E-state index contributed by atoms with van der Waals surface area (Å²) in [5, 5.41) is 3.99. The minimum absolute atomic E-state index is 0.0547. The van der Waals surface area contributed by atoms with Crippen molar-refractivity contribution in [3.8, 4) is 0 Å². The van der Waals surface area contributed by atoms with Crippen molar-refractivity contribution in [1.82, 2.24) is 5.32 Å². The molecule has 1 saturated carbocycles. The maximum atomic E-state index is 12.8. The molecule has 0 heterocycles. The van der Waals surface area contributed by atoms with Gasteiger partial charge in [-0.2, -0.15) is 0 Å². The standard InChI is InChI=1S/C20H20Cl2N2O2/c1-12(15-10-9-14(21)11-17(15)22)23-19(25)16-5-3-4-6-18(16)24(2)20(26)13-7-8-13/h3-6,9-13H,7-8H2,1-2H3,(H,23,25). The van der Waals surface area contributed by atoms with E-state index in [1.807, 2.05) is 13.0 Å². The molecule has 1 N–H and O–H groups in total. The van der Waals surface area contributed by atoms with Gasteiger partial charge < -0.3 is 10.2 Å². The number of hydrogen-bond acceptors (Lipinski definition) is 2. The molecule has 1 aliphatic rings. The SMILES string of the molecule is CC(NC(=O)c1ccccc1N(C)C(=O)C1CC1)c1ccc(Cl)cc1Cl. The molecule has 1 fully saturated rings. The van der Waals surface area contributed by atoms with Crippen molar-refractivity contribution in [2.75, 3.05) is 11.9 Å². The molecule has 2 aromatic rings. The number of anilines is 1. The Morgan fingerprint density at radius 1 is 1.15 bits per heavy atom. The van der Waals surface area contributed by atoms with Gasteiger partial charge in [-0.25, -0.2) is 0 Å². The first-order chi connectivity index (χ1) is 12.4. The first-order valence-corrected chi connectivity index (χ1v) is 9.26. The quantitative estimate of drug-likeness (QED) is 0.792. The van der Waals surface area contributed by atoms with E-state index in [4.69, 9.17) is 23.2 Å². The highest BCUT2D eigenvalue weighted by atomic mass is 35.5. The van der Waals surface area contributed by atoms with Gasteiger partial charge in [-0.1, -0.05) is 41.4 Å². The molecule has 1 aliphatic carbocycles. The van der Waals surface area contributed by atoms with Crippen molar-refractivity contribution in [2.45, 2.75) is 25.8 Å². The van der Waals surface area contributed by atoms with Gasteiger partial charge in [0.15, 0.2) is 0 Å². The third kappa shape index (κ3) is 4.02. The van der Waals surface area contributed by atoms with Gasteiger partial charge in [-0.15, -0.1) is 0 Å².